The monoisotopic (exact) mass is 260 g/mol. The minimum atomic E-state index is -0.0361. The molecule has 3 rings (SSSR count). The predicted molar refractivity (Wildman–Crippen MR) is 73.8 cm³/mol. The number of hydrogen-bond donors (Lipinski definition) is 1. The number of nitrogens with two attached hydrogens (primary N) is 1. The van der Waals surface area contributed by atoms with Gasteiger partial charge in [0.15, 0.2) is 0 Å². The van der Waals surface area contributed by atoms with E-state index in [-0.39, 0.29) is 5.41 Å². The summed E-state index contributed by atoms with van der Waals surface area (Å²) in [7, 11) is 0. The molecular formula is C14H16N2OS. The molecule has 94 valence electrons. The SMILES string of the molecule is Cc1ccccc1-c1csc(C2(CN)COC2)n1. The van der Waals surface area contributed by atoms with Crippen molar-refractivity contribution in [2.45, 2.75) is 12.3 Å². The van der Waals surface area contributed by atoms with Crippen molar-refractivity contribution in [1.29, 1.82) is 0 Å². The normalized spacial score (nSPS) is 17.4. The lowest BCUT2D eigenvalue weighted by atomic mass is 9.87. The lowest BCUT2D eigenvalue weighted by molar-refractivity contribution is -0.0550. The highest BCUT2D eigenvalue weighted by molar-refractivity contribution is 7.10. The minimum absolute atomic E-state index is 0.0361. The van der Waals surface area contributed by atoms with Gasteiger partial charge in [-0.1, -0.05) is 24.3 Å². The van der Waals surface area contributed by atoms with E-state index in [4.69, 9.17) is 15.5 Å². The second-order valence-corrected chi connectivity index (χ2v) is 5.69. The maximum atomic E-state index is 5.87. The van der Waals surface area contributed by atoms with Crippen LogP contribution in [-0.2, 0) is 10.2 Å². The molecular weight excluding hydrogens is 244 g/mol. The quantitative estimate of drug-likeness (QED) is 0.921. The van der Waals surface area contributed by atoms with Crippen LogP contribution in [0.15, 0.2) is 29.6 Å². The van der Waals surface area contributed by atoms with Crippen molar-refractivity contribution >= 4 is 11.3 Å². The van der Waals surface area contributed by atoms with Gasteiger partial charge in [-0.3, -0.25) is 0 Å². The summed E-state index contributed by atoms with van der Waals surface area (Å²) in [6, 6.07) is 8.32. The Hall–Kier alpha value is -1.23. The molecule has 4 heteroatoms. The third-order valence-electron chi connectivity index (χ3n) is 3.53. The van der Waals surface area contributed by atoms with E-state index in [0.717, 1.165) is 10.7 Å². The number of thiazole rings is 1. The lowest BCUT2D eigenvalue weighted by Crippen LogP contribution is -2.52. The molecule has 1 aliphatic rings. The van der Waals surface area contributed by atoms with Gasteiger partial charge >= 0.3 is 0 Å². The van der Waals surface area contributed by atoms with Crippen molar-refractivity contribution in [1.82, 2.24) is 4.98 Å². The first-order chi connectivity index (χ1) is 8.75. The minimum Gasteiger partial charge on any atom is -0.379 e. The Morgan fingerprint density at radius 3 is 2.78 bits per heavy atom. The van der Waals surface area contributed by atoms with E-state index in [9.17, 15) is 0 Å². The Bertz CT molecular complexity index is 555. The third kappa shape index (κ3) is 1.77. The molecule has 18 heavy (non-hydrogen) atoms. The van der Waals surface area contributed by atoms with Gasteiger partial charge in [0.25, 0.3) is 0 Å². The molecule has 0 amide bonds. The first-order valence-corrected chi connectivity index (χ1v) is 6.93. The number of nitrogens with zero attached hydrogens (tertiary/aromatic N) is 1. The van der Waals surface area contributed by atoms with E-state index in [1.807, 2.05) is 12.1 Å². The molecule has 0 aliphatic carbocycles. The van der Waals surface area contributed by atoms with Gasteiger partial charge in [0.1, 0.15) is 5.01 Å². The topological polar surface area (TPSA) is 48.1 Å². The van der Waals surface area contributed by atoms with Crippen LogP contribution in [0.5, 0.6) is 0 Å². The fraction of sp³-hybridized carbons (Fsp3) is 0.357. The smallest absolute Gasteiger partial charge is 0.105 e. The van der Waals surface area contributed by atoms with E-state index < -0.39 is 0 Å². The highest BCUT2D eigenvalue weighted by Gasteiger charge is 2.41. The molecule has 2 N–H and O–H groups in total. The Balaban J connectivity index is 1.97. The third-order valence-corrected chi connectivity index (χ3v) is 4.61. The molecule has 0 radical (unpaired) electrons. The molecule has 2 aromatic rings. The zero-order valence-corrected chi connectivity index (χ0v) is 11.2. The number of hydrogen-bond acceptors (Lipinski definition) is 4. The highest BCUT2D eigenvalue weighted by atomic mass is 32.1. The average Bonchev–Trinajstić information content (AvgIpc) is 2.79. The second-order valence-electron chi connectivity index (χ2n) is 4.83. The van der Waals surface area contributed by atoms with Gasteiger partial charge in [-0.2, -0.15) is 0 Å². The number of benzene rings is 1. The molecule has 2 heterocycles. The van der Waals surface area contributed by atoms with Crippen molar-refractivity contribution in [3.8, 4) is 11.3 Å². The maximum Gasteiger partial charge on any atom is 0.105 e. The highest BCUT2D eigenvalue weighted by Crippen LogP contribution is 2.36. The summed E-state index contributed by atoms with van der Waals surface area (Å²) < 4.78 is 5.31. The molecule has 0 spiro atoms. The van der Waals surface area contributed by atoms with Gasteiger partial charge in [0.2, 0.25) is 0 Å². The molecule has 1 aromatic heterocycles. The summed E-state index contributed by atoms with van der Waals surface area (Å²) in [5.41, 5.74) is 9.33. The lowest BCUT2D eigenvalue weighted by Gasteiger charge is -2.38. The molecule has 3 nitrogen and oxygen atoms in total. The van der Waals surface area contributed by atoms with Gasteiger partial charge in [-0.25, -0.2) is 4.98 Å². The molecule has 0 atom stereocenters. The Morgan fingerprint density at radius 1 is 1.39 bits per heavy atom. The first kappa shape index (κ1) is 11.8. The van der Waals surface area contributed by atoms with Crippen molar-refractivity contribution in [3.63, 3.8) is 0 Å². The molecule has 1 fully saturated rings. The zero-order valence-electron chi connectivity index (χ0n) is 10.3. The van der Waals surface area contributed by atoms with Gasteiger partial charge in [0, 0.05) is 17.5 Å². The maximum absolute atomic E-state index is 5.87. The van der Waals surface area contributed by atoms with Crippen LogP contribution in [-0.4, -0.2) is 24.7 Å². The van der Waals surface area contributed by atoms with E-state index in [1.165, 1.54) is 11.1 Å². The van der Waals surface area contributed by atoms with Crippen LogP contribution >= 0.6 is 11.3 Å². The standard InChI is InChI=1S/C14H16N2OS/c1-10-4-2-3-5-11(10)12-6-18-13(16-12)14(7-15)8-17-9-14/h2-6H,7-9,15H2,1H3. The molecule has 0 saturated carbocycles. The van der Waals surface area contributed by atoms with Crippen LogP contribution in [0.4, 0.5) is 0 Å². The van der Waals surface area contributed by atoms with Crippen molar-refractivity contribution < 1.29 is 4.74 Å². The van der Waals surface area contributed by atoms with Crippen LogP contribution in [0.2, 0.25) is 0 Å². The largest absolute Gasteiger partial charge is 0.379 e. The molecule has 1 aliphatic heterocycles. The van der Waals surface area contributed by atoms with E-state index >= 15 is 0 Å². The van der Waals surface area contributed by atoms with Crippen LogP contribution in [0, 0.1) is 6.92 Å². The Kier molecular flexibility index (Phi) is 2.93. The average molecular weight is 260 g/mol. The summed E-state index contributed by atoms with van der Waals surface area (Å²) in [4.78, 5) is 4.76. The molecule has 0 bridgehead atoms. The number of rotatable bonds is 3. The molecule has 1 saturated heterocycles. The van der Waals surface area contributed by atoms with Crippen molar-refractivity contribution in [2.24, 2.45) is 5.73 Å². The fourth-order valence-electron chi connectivity index (χ4n) is 2.18. The van der Waals surface area contributed by atoms with Gasteiger partial charge in [-0.05, 0) is 12.5 Å². The van der Waals surface area contributed by atoms with Gasteiger partial charge in [0.05, 0.1) is 24.3 Å². The molecule has 0 unspecified atom stereocenters. The number of aromatic nitrogens is 1. The summed E-state index contributed by atoms with van der Waals surface area (Å²) in [6.45, 7) is 4.11. The zero-order chi connectivity index (χ0) is 12.6. The first-order valence-electron chi connectivity index (χ1n) is 6.05. The predicted octanol–water partition coefficient (Wildman–Crippen LogP) is 2.35. The summed E-state index contributed by atoms with van der Waals surface area (Å²) >= 11 is 1.69. The van der Waals surface area contributed by atoms with Crippen molar-refractivity contribution in [3.05, 3.63) is 40.2 Å². The second kappa shape index (κ2) is 4.46. The van der Waals surface area contributed by atoms with Crippen LogP contribution < -0.4 is 5.73 Å². The van der Waals surface area contributed by atoms with E-state index in [0.29, 0.717) is 19.8 Å². The van der Waals surface area contributed by atoms with Crippen LogP contribution in [0.3, 0.4) is 0 Å². The summed E-state index contributed by atoms with van der Waals surface area (Å²) in [5, 5.41) is 3.22. The molecule has 1 aromatic carbocycles. The van der Waals surface area contributed by atoms with Gasteiger partial charge in [-0.15, -0.1) is 11.3 Å². The van der Waals surface area contributed by atoms with Crippen LogP contribution in [0.25, 0.3) is 11.3 Å². The summed E-state index contributed by atoms with van der Waals surface area (Å²) in [6.07, 6.45) is 0. The van der Waals surface area contributed by atoms with E-state index in [1.54, 1.807) is 11.3 Å². The van der Waals surface area contributed by atoms with E-state index in [2.05, 4.69) is 24.4 Å². The Morgan fingerprint density at radius 2 is 2.17 bits per heavy atom. The summed E-state index contributed by atoms with van der Waals surface area (Å²) in [5.74, 6) is 0. The van der Waals surface area contributed by atoms with Crippen LogP contribution in [0.1, 0.15) is 10.6 Å². The fourth-order valence-corrected chi connectivity index (χ4v) is 3.18. The Labute approximate surface area is 111 Å². The van der Waals surface area contributed by atoms with Gasteiger partial charge < -0.3 is 10.5 Å². The number of ether oxygens (including phenoxy) is 1. The van der Waals surface area contributed by atoms with Crippen molar-refractivity contribution in [2.75, 3.05) is 19.8 Å². The number of aryl methyl sites for hydroxylation is 1.